The molecule has 0 N–H and O–H groups in total. The summed E-state index contributed by atoms with van der Waals surface area (Å²) in [5.41, 5.74) is 1.80. The predicted molar refractivity (Wildman–Crippen MR) is 66.1 cm³/mol. The first-order chi connectivity index (χ1) is 7.56. The fourth-order valence-corrected chi connectivity index (χ4v) is 1.53. The molecule has 0 spiro atoms. The second-order valence-corrected chi connectivity index (χ2v) is 4.34. The molecule has 0 aliphatic rings. The van der Waals surface area contributed by atoms with Crippen LogP contribution >= 0.6 is 0 Å². The Hall–Kier alpha value is -1.31. The zero-order valence-corrected chi connectivity index (χ0v) is 10.5. The minimum Gasteiger partial charge on any atom is -0.494 e. The number of carbonyl (C=O) groups excluding carboxylic acids is 1. The minimum absolute atomic E-state index is 0.0427. The van der Waals surface area contributed by atoms with Gasteiger partial charge < -0.3 is 4.74 Å². The summed E-state index contributed by atoms with van der Waals surface area (Å²) < 4.78 is 5.52. The maximum Gasteiger partial charge on any atom is 0.165 e. The monoisotopic (exact) mass is 220 g/mol. The standard InChI is InChI=1S/C14H20O2/c1-5-8-16-12-6-7-13(11(4)9-12)14(15)10(2)3/h6-7,9-10H,5,8H2,1-4H3. The van der Waals surface area contributed by atoms with Gasteiger partial charge in [0.05, 0.1) is 6.61 Å². The lowest BCUT2D eigenvalue weighted by Gasteiger charge is -2.10. The van der Waals surface area contributed by atoms with Gasteiger partial charge in [-0.05, 0) is 37.1 Å². The van der Waals surface area contributed by atoms with E-state index in [0.29, 0.717) is 0 Å². The lowest BCUT2D eigenvalue weighted by Crippen LogP contribution is -2.09. The SMILES string of the molecule is CCCOc1ccc(C(=O)C(C)C)c(C)c1. The number of hydrogen-bond acceptors (Lipinski definition) is 2. The molecule has 1 aromatic carbocycles. The second kappa shape index (κ2) is 5.69. The summed E-state index contributed by atoms with van der Waals surface area (Å²) >= 11 is 0. The molecule has 0 unspecified atom stereocenters. The first-order valence-corrected chi connectivity index (χ1v) is 5.84. The Balaban J connectivity index is 2.87. The average molecular weight is 220 g/mol. The van der Waals surface area contributed by atoms with Crippen molar-refractivity contribution in [3.8, 4) is 5.75 Å². The Labute approximate surface area is 97.6 Å². The summed E-state index contributed by atoms with van der Waals surface area (Å²) in [7, 11) is 0. The Morgan fingerprint density at radius 3 is 2.56 bits per heavy atom. The Kier molecular flexibility index (Phi) is 4.53. The molecular weight excluding hydrogens is 200 g/mol. The van der Waals surface area contributed by atoms with Crippen LogP contribution in [-0.2, 0) is 0 Å². The number of hydrogen-bond donors (Lipinski definition) is 0. The Bertz CT molecular complexity index is 367. The second-order valence-electron chi connectivity index (χ2n) is 4.34. The molecule has 0 heterocycles. The number of ketones is 1. The number of aryl methyl sites for hydroxylation is 1. The fourth-order valence-electron chi connectivity index (χ4n) is 1.53. The van der Waals surface area contributed by atoms with Crippen LogP contribution in [0.4, 0.5) is 0 Å². The van der Waals surface area contributed by atoms with Crippen molar-refractivity contribution in [2.45, 2.75) is 34.1 Å². The van der Waals surface area contributed by atoms with Crippen molar-refractivity contribution in [1.29, 1.82) is 0 Å². The summed E-state index contributed by atoms with van der Waals surface area (Å²) in [4.78, 5) is 11.8. The van der Waals surface area contributed by atoms with Crippen molar-refractivity contribution < 1.29 is 9.53 Å². The van der Waals surface area contributed by atoms with Gasteiger partial charge in [-0.15, -0.1) is 0 Å². The van der Waals surface area contributed by atoms with Gasteiger partial charge in [0.1, 0.15) is 5.75 Å². The van der Waals surface area contributed by atoms with Gasteiger partial charge in [0.2, 0.25) is 0 Å². The van der Waals surface area contributed by atoms with Gasteiger partial charge in [0.25, 0.3) is 0 Å². The van der Waals surface area contributed by atoms with Crippen LogP contribution in [0.5, 0.6) is 5.75 Å². The van der Waals surface area contributed by atoms with Gasteiger partial charge >= 0.3 is 0 Å². The molecule has 0 saturated carbocycles. The van der Waals surface area contributed by atoms with Gasteiger partial charge in [-0.2, -0.15) is 0 Å². The highest BCUT2D eigenvalue weighted by atomic mass is 16.5. The normalized spacial score (nSPS) is 10.6. The van der Waals surface area contributed by atoms with Crippen LogP contribution in [0.2, 0.25) is 0 Å². The highest BCUT2D eigenvalue weighted by molar-refractivity contribution is 5.98. The average Bonchev–Trinajstić information content (AvgIpc) is 2.25. The largest absolute Gasteiger partial charge is 0.494 e. The Morgan fingerprint density at radius 2 is 2.06 bits per heavy atom. The van der Waals surface area contributed by atoms with E-state index in [9.17, 15) is 4.79 Å². The van der Waals surface area contributed by atoms with E-state index >= 15 is 0 Å². The van der Waals surface area contributed by atoms with E-state index in [1.807, 2.05) is 39.0 Å². The Morgan fingerprint density at radius 1 is 1.38 bits per heavy atom. The number of Topliss-reactive ketones (excluding diaryl/α,β-unsaturated/α-hetero) is 1. The lowest BCUT2D eigenvalue weighted by molar-refractivity contribution is 0.0938. The first-order valence-electron chi connectivity index (χ1n) is 5.84. The molecule has 0 fully saturated rings. The number of ether oxygens (including phenoxy) is 1. The third-order valence-electron chi connectivity index (χ3n) is 2.46. The molecule has 0 radical (unpaired) electrons. The van der Waals surface area contributed by atoms with Crippen LogP contribution in [0.3, 0.4) is 0 Å². The van der Waals surface area contributed by atoms with Crippen LogP contribution in [0.1, 0.15) is 43.1 Å². The molecule has 0 aliphatic heterocycles. The number of carbonyl (C=O) groups is 1. The highest BCUT2D eigenvalue weighted by Gasteiger charge is 2.13. The quantitative estimate of drug-likeness (QED) is 0.708. The summed E-state index contributed by atoms with van der Waals surface area (Å²) in [6.07, 6.45) is 0.992. The molecule has 0 atom stereocenters. The fraction of sp³-hybridized carbons (Fsp3) is 0.500. The topological polar surface area (TPSA) is 26.3 Å². The van der Waals surface area contributed by atoms with Crippen molar-refractivity contribution in [2.75, 3.05) is 6.61 Å². The van der Waals surface area contributed by atoms with E-state index in [2.05, 4.69) is 6.92 Å². The highest BCUT2D eigenvalue weighted by Crippen LogP contribution is 2.20. The van der Waals surface area contributed by atoms with Crippen LogP contribution < -0.4 is 4.74 Å². The zero-order chi connectivity index (χ0) is 12.1. The van der Waals surface area contributed by atoms with Crippen molar-refractivity contribution in [2.24, 2.45) is 5.92 Å². The van der Waals surface area contributed by atoms with Crippen LogP contribution in [0, 0.1) is 12.8 Å². The molecule has 2 heteroatoms. The first kappa shape index (κ1) is 12.8. The molecule has 88 valence electrons. The van der Waals surface area contributed by atoms with Crippen molar-refractivity contribution in [3.05, 3.63) is 29.3 Å². The maximum atomic E-state index is 11.8. The summed E-state index contributed by atoms with van der Waals surface area (Å²) in [6, 6.07) is 5.67. The van der Waals surface area contributed by atoms with E-state index in [-0.39, 0.29) is 11.7 Å². The van der Waals surface area contributed by atoms with Crippen LogP contribution in [-0.4, -0.2) is 12.4 Å². The summed E-state index contributed by atoms with van der Waals surface area (Å²) in [5, 5.41) is 0. The maximum absolute atomic E-state index is 11.8. The molecule has 0 bridgehead atoms. The molecule has 0 aromatic heterocycles. The van der Waals surface area contributed by atoms with Crippen LogP contribution in [0.25, 0.3) is 0 Å². The third kappa shape index (κ3) is 3.09. The van der Waals surface area contributed by atoms with Gasteiger partial charge in [0.15, 0.2) is 5.78 Å². The van der Waals surface area contributed by atoms with Crippen molar-refractivity contribution in [1.82, 2.24) is 0 Å². The molecule has 1 rings (SSSR count). The van der Waals surface area contributed by atoms with Gasteiger partial charge in [-0.25, -0.2) is 0 Å². The zero-order valence-electron chi connectivity index (χ0n) is 10.5. The summed E-state index contributed by atoms with van der Waals surface area (Å²) in [6.45, 7) is 8.58. The lowest BCUT2D eigenvalue weighted by atomic mass is 9.97. The molecular formula is C14H20O2. The molecule has 0 saturated heterocycles. The predicted octanol–water partition coefficient (Wildman–Crippen LogP) is 3.62. The molecule has 2 nitrogen and oxygen atoms in total. The van der Waals surface area contributed by atoms with E-state index in [1.54, 1.807) is 0 Å². The minimum atomic E-state index is 0.0427. The molecule has 16 heavy (non-hydrogen) atoms. The van der Waals surface area contributed by atoms with Crippen LogP contribution in [0.15, 0.2) is 18.2 Å². The van der Waals surface area contributed by atoms with Gasteiger partial charge in [-0.1, -0.05) is 20.8 Å². The van der Waals surface area contributed by atoms with E-state index in [1.165, 1.54) is 0 Å². The van der Waals surface area contributed by atoms with E-state index in [4.69, 9.17) is 4.74 Å². The summed E-state index contributed by atoms with van der Waals surface area (Å²) in [5.74, 6) is 1.08. The van der Waals surface area contributed by atoms with Gasteiger partial charge in [0, 0.05) is 11.5 Å². The van der Waals surface area contributed by atoms with E-state index in [0.717, 1.165) is 29.9 Å². The molecule has 1 aromatic rings. The van der Waals surface area contributed by atoms with Gasteiger partial charge in [-0.3, -0.25) is 4.79 Å². The van der Waals surface area contributed by atoms with E-state index < -0.39 is 0 Å². The third-order valence-corrected chi connectivity index (χ3v) is 2.46. The van der Waals surface area contributed by atoms with Crippen molar-refractivity contribution in [3.63, 3.8) is 0 Å². The number of benzene rings is 1. The van der Waals surface area contributed by atoms with Crippen molar-refractivity contribution >= 4 is 5.78 Å². The molecule has 0 aliphatic carbocycles. The smallest absolute Gasteiger partial charge is 0.165 e. The molecule has 0 amide bonds. The number of rotatable bonds is 5.